The normalized spacial score (nSPS) is 0. The van der Waals surface area contributed by atoms with E-state index in [2.05, 4.69) is 0 Å². The number of hydrogen-bond acceptors (Lipinski definition) is 0. The summed E-state index contributed by atoms with van der Waals surface area (Å²) in [5, 5.41) is 0. The van der Waals surface area contributed by atoms with E-state index in [9.17, 15) is 0 Å². The molecule has 0 bridgehead atoms. The van der Waals surface area contributed by atoms with Gasteiger partial charge in [0.25, 0.3) is 0 Å². The molecular formula is CH4AlMnSi. The van der Waals surface area contributed by atoms with Gasteiger partial charge in [0.2, 0.25) is 0 Å². The molecule has 0 heterocycles. The van der Waals surface area contributed by atoms with Crippen LogP contribution >= 0.6 is 0 Å². The Morgan fingerprint density at radius 1 is 1.00 bits per heavy atom. The molecule has 0 aliphatic rings. The Bertz CT molecular complexity index is 8.00. The second-order valence-electron chi connectivity index (χ2n) is 0. The summed E-state index contributed by atoms with van der Waals surface area (Å²) in [6, 6.07) is 0. The van der Waals surface area contributed by atoms with E-state index in [0.717, 1.165) is 0 Å². The van der Waals surface area contributed by atoms with Crippen molar-refractivity contribution in [3.05, 3.63) is 0 Å². The number of hydrogen-bond donors (Lipinski definition) is 0. The summed E-state index contributed by atoms with van der Waals surface area (Å²) in [5.41, 5.74) is 0. The van der Waals surface area contributed by atoms with E-state index in [1.807, 2.05) is 0 Å². The predicted octanol–water partition coefficient (Wildman–Crippen LogP) is -0.128. The van der Waals surface area contributed by atoms with Crippen LogP contribution < -0.4 is 0 Å². The maximum atomic E-state index is 0. The Balaban J connectivity index is 0. The van der Waals surface area contributed by atoms with Crippen LogP contribution in [0.2, 0.25) is 0 Å². The summed E-state index contributed by atoms with van der Waals surface area (Å²) in [5.74, 6) is 0. The van der Waals surface area contributed by atoms with Gasteiger partial charge in [0.1, 0.15) is 0 Å². The predicted molar refractivity (Wildman–Crippen MR) is 18.2 cm³/mol. The zero-order chi connectivity index (χ0) is 0. The molecule has 0 fully saturated rings. The molecule has 0 aromatic heterocycles. The van der Waals surface area contributed by atoms with Crippen molar-refractivity contribution < 1.29 is 17.1 Å². The van der Waals surface area contributed by atoms with Crippen LogP contribution in [-0.2, 0) is 17.1 Å². The van der Waals surface area contributed by atoms with Crippen molar-refractivity contribution >= 4 is 28.3 Å². The van der Waals surface area contributed by atoms with Crippen LogP contribution in [0.4, 0.5) is 0 Å². The van der Waals surface area contributed by atoms with Crippen molar-refractivity contribution in [3.63, 3.8) is 0 Å². The van der Waals surface area contributed by atoms with E-state index in [1.54, 1.807) is 0 Å². The molecule has 0 nitrogen and oxygen atoms in total. The van der Waals surface area contributed by atoms with E-state index >= 15 is 0 Å². The minimum Gasteiger partial charge on any atom is -0.0776 e. The Kier molecular flexibility index (Phi) is 422. The molecular weight excluding hydrogens is 122 g/mol. The standard InChI is InChI=1S/CH4.Al.Mn.Si/h1H4;;;. The maximum absolute atomic E-state index is 0. The molecule has 0 aliphatic carbocycles. The third-order valence-electron chi connectivity index (χ3n) is 0. The van der Waals surface area contributed by atoms with Gasteiger partial charge in [0, 0.05) is 45.4 Å². The van der Waals surface area contributed by atoms with Crippen LogP contribution in [0, 0.1) is 0 Å². The summed E-state index contributed by atoms with van der Waals surface area (Å²) in [6.07, 6.45) is 0. The molecule has 4 heavy (non-hydrogen) atoms. The van der Waals surface area contributed by atoms with E-state index in [1.165, 1.54) is 0 Å². The fraction of sp³-hybridized carbons (Fsp3) is 1.00. The average molecular weight is 126 g/mol. The SMILES string of the molecule is C.[Al].[Mn].[Si]. The molecule has 22 valence electrons. The molecule has 0 aliphatic heterocycles. The van der Waals surface area contributed by atoms with Crippen molar-refractivity contribution in [1.82, 2.24) is 0 Å². The summed E-state index contributed by atoms with van der Waals surface area (Å²) in [4.78, 5) is 0. The monoisotopic (exact) mass is 126 g/mol. The zero-order valence-corrected chi connectivity index (χ0v) is 4.79. The topological polar surface area (TPSA) is 0 Å². The maximum Gasteiger partial charge on any atom is 0 e. The number of rotatable bonds is 0. The van der Waals surface area contributed by atoms with Gasteiger partial charge in [-0.3, -0.25) is 0 Å². The Hall–Kier alpha value is 1.27. The van der Waals surface area contributed by atoms with Crippen LogP contribution in [0.3, 0.4) is 0 Å². The molecule has 0 aromatic rings. The molecule has 0 spiro atoms. The van der Waals surface area contributed by atoms with Gasteiger partial charge in [-0.15, -0.1) is 0 Å². The van der Waals surface area contributed by atoms with Gasteiger partial charge >= 0.3 is 0 Å². The van der Waals surface area contributed by atoms with Crippen molar-refractivity contribution in [3.8, 4) is 0 Å². The van der Waals surface area contributed by atoms with Gasteiger partial charge in [0.05, 0.1) is 0 Å². The third kappa shape index (κ3) is 10.5. The van der Waals surface area contributed by atoms with Crippen molar-refractivity contribution in [2.24, 2.45) is 0 Å². The summed E-state index contributed by atoms with van der Waals surface area (Å²) in [6.45, 7) is 0. The first-order valence-electron chi connectivity index (χ1n) is 0. The fourth-order valence-electron chi connectivity index (χ4n) is 0. The van der Waals surface area contributed by atoms with Crippen LogP contribution in [0.5, 0.6) is 0 Å². The summed E-state index contributed by atoms with van der Waals surface area (Å²) < 4.78 is 0. The average Bonchev–Trinajstić information content (AvgIpc) is 0. The Labute approximate surface area is 53.0 Å². The van der Waals surface area contributed by atoms with Crippen LogP contribution in [-0.4, -0.2) is 28.3 Å². The minimum atomic E-state index is 0. The molecule has 8 radical (unpaired) electrons. The smallest absolute Gasteiger partial charge is 0 e. The quantitative estimate of drug-likeness (QED) is 0.397. The molecule has 3 heteroatoms. The minimum absolute atomic E-state index is 0. The van der Waals surface area contributed by atoms with E-state index in [0.29, 0.717) is 0 Å². The van der Waals surface area contributed by atoms with Crippen molar-refractivity contribution in [2.45, 2.75) is 7.43 Å². The van der Waals surface area contributed by atoms with Crippen LogP contribution in [0.1, 0.15) is 7.43 Å². The summed E-state index contributed by atoms with van der Waals surface area (Å²) >= 11 is 0. The van der Waals surface area contributed by atoms with Gasteiger partial charge < -0.3 is 0 Å². The van der Waals surface area contributed by atoms with Gasteiger partial charge in [-0.1, -0.05) is 7.43 Å². The molecule has 0 amide bonds. The Morgan fingerprint density at radius 3 is 1.00 bits per heavy atom. The van der Waals surface area contributed by atoms with Crippen LogP contribution in [0.25, 0.3) is 0 Å². The van der Waals surface area contributed by atoms with Gasteiger partial charge in [0.15, 0.2) is 0 Å². The first kappa shape index (κ1) is 59.6. The molecule has 0 rings (SSSR count). The Morgan fingerprint density at radius 2 is 1.00 bits per heavy atom. The second-order valence-corrected chi connectivity index (χ2v) is 0. The molecule has 0 atom stereocenters. The first-order chi connectivity index (χ1) is 0. The first-order valence-corrected chi connectivity index (χ1v) is 0. The van der Waals surface area contributed by atoms with E-state index in [-0.39, 0.29) is 52.8 Å². The third-order valence-corrected chi connectivity index (χ3v) is 0. The van der Waals surface area contributed by atoms with E-state index < -0.39 is 0 Å². The van der Waals surface area contributed by atoms with Crippen molar-refractivity contribution in [2.75, 3.05) is 0 Å². The molecule has 0 N–H and O–H groups in total. The molecule has 0 saturated heterocycles. The summed E-state index contributed by atoms with van der Waals surface area (Å²) in [7, 11) is 0. The zero-order valence-electron chi connectivity index (χ0n) is 1.46. The molecule has 0 aromatic carbocycles. The molecule has 0 saturated carbocycles. The molecule has 0 unspecified atom stereocenters. The second kappa shape index (κ2) is 28.3. The fourth-order valence-corrected chi connectivity index (χ4v) is 0. The van der Waals surface area contributed by atoms with Crippen LogP contribution in [0.15, 0.2) is 0 Å². The van der Waals surface area contributed by atoms with Crippen molar-refractivity contribution in [1.29, 1.82) is 0 Å². The largest absolute Gasteiger partial charge is 0.0776 e. The van der Waals surface area contributed by atoms with Gasteiger partial charge in [-0.2, -0.15) is 0 Å². The van der Waals surface area contributed by atoms with Gasteiger partial charge in [-0.25, -0.2) is 0 Å². The van der Waals surface area contributed by atoms with Gasteiger partial charge in [-0.05, 0) is 0 Å². The van der Waals surface area contributed by atoms with E-state index in [4.69, 9.17) is 0 Å².